The maximum Gasteiger partial charge on any atom is 0.322 e. The summed E-state index contributed by atoms with van der Waals surface area (Å²) in [4.78, 5) is 30.1. The van der Waals surface area contributed by atoms with Crippen molar-refractivity contribution >= 4 is 34.2 Å². The number of benzene rings is 2. The molecule has 2 aromatic carbocycles. The third kappa shape index (κ3) is 4.38. The summed E-state index contributed by atoms with van der Waals surface area (Å²) in [5, 5.41) is 4.20. The zero-order valence-electron chi connectivity index (χ0n) is 16.1. The molecule has 150 valence electrons. The van der Waals surface area contributed by atoms with Gasteiger partial charge in [-0.1, -0.05) is 23.7 Å². The number of H-pyrrole nitrogens is 1. The van der Waals surface area contributed by atoms with Gasteiger partial charge in [0.25, 0.3) is 5.56 Å². The van der Waals surface area contributed by atoms with Crippen LogP contribution in [0.2, 0.25) is 5.02 Å². The van der Waals surface area contributed by atoms with Crippen molar-refractivity contribution in [1.82, 2.24) is 9.88 Å². The van der Waals surface area contributed by atoms with Crippen molar-refractivity contribution in [2.75, 3.05) is 11.9 Å². The summed E-state index contributed by atoms with van der Waals surface area (Å²) in [5.74, 6) is 0.744. The van der Waals surface area contributed by atoms with E-state index < -0.39 is 0 Å². The molecule has 0 spiro atoms. The number of aromatic amines is 1. The van der Waals surface area contributed by atoms with Crippen molar-refractivity contribution in [2.24, 2.45) is 0 Å². The molecule has 1 aliphatic carbocycles. The summed E-state index contributed by atoms with van der Waals surface area (Å²) in [6.07, 6.45) is 1.85. The molecule has 3 aromatic rings. The van der Waals surface area contributed by atoms with E-state index in [-0.39, 0.29) is 24.2 Å². The lowest BCUT2D eigenvalue weighted by atomic mass is 10.1. The maximum atomic E-state index is 12.9. The van der Waals surface area contributed by atoms with Crippen LogP contribution < -0.4 is 15.6 Å². The Bertz CT molecular complexity index is 1110. The summed E-state index contributed by atoms with van der Waals surface area (Å²) >= 11 is 6.16. The van der Waals surface area contributed by atoms with E-state index in [4.69, 9.17) is 16.3 Å². The molecule has 1 fully saturated rings. The number of carbonyl (C=O) groups is 1. The third-order valence-corrected chi connectivity index (χ3v) is 5.24. The molecule has 2 amide bonds. The number of nitrogens with zero attached hydrogens (tertiary/aromatic N) is 1. The van der Waals surface area contributed by atoms with Gasteiger partial charge in [0.2, 0.25) is 0 Å². The molecule has 1 heterocycles. The number of nitrogens with one attached hydrogen (secondary N) is 2. The van der Waals surface area contributed by atoms with Gasteiger partial charge in [0.1, 0.15) is 5.75 Å². The van der Waals surface area contributed by atoms with Crippen molar-refractivity contribution in [1.29, 1.82) is 0 Å². The summed E-state index contributed by atoms with van der Waals surface area (Å²) in [6.45, 7) is 2.72. The van der Waals surface area contributed by atoms with Crippen LogP contribution in [0.15, 0.2) is 53.3 Å². The molecule has 7 heteroatoms. The lowest BCUT2D eigenvalue weighted by Gasteiger charge is -2.23. The number of ether oxygens (including phenoxy) is 1. The van der Waals surface area contributed by atoms with Crippen LogP contribution in [0.25, 0.3) is 10.9 Å². The van der Waals surface area contributed by atoms with Crippen LogP contribution in [0.5, 0.6) is 5.75 Å². The predicted octanol–water partition coefficient (Wildman–Crippen LogP) is 4.78. The first-order valence-electron chi connectivity index (χ1n) is 9.66. The first-order chi connectivity index (χ1) is 14.0. The Morgan fingerprint density at radius 3 is 2.76 bits per heavy atom. The van der Waals surface area contributed by atoms with E-state index in [0.29, 0.717) is 22.9 Å². The number of carbonyl (C=O) groups excluding carboxylic acids is 1. The fourth-order valence-corrected chi connectivity index (χ4v) is 3.47. The molecule has 0 radical (unpaired) electrons. The van der Waals surface area contributed by atoms with Gasteiger partial charge >= 0.3 is 6.03 Å². The highest BCUT2D eigenvalue weighted by atomic mass is 35.5. The summed E-state index contributed by atoms with van der Waals surface area (Å²) in [6, 6.07) is 14.3. The van der Waals surface area contributed by atoms with E-state index in [2.05, 4.69) is 10.3 Å². The Kier molecular flexibility index (Phi) is 5.45. The molecule has 0 atom stereocenters. The molecule has 0 bridgehead atoms. The molecule has 0 aliphatic heterocycles. The number of halogens is 1. The van der Waals surface area contributed by atoms with E-state index >= 15 is 0 Å². The standard InChI is InChI=1S/C22H22ClN3O3/c1-2-29-17-9-10-19-14(12-17)11-15(21(27)24-19)13-26(16-7-8-16)22(28)25-20-6-4-3-5-18(20)23/h3-6,9-12,16H,2,7-8,13H2,1H3,(H,24,27)(H,25,28). The number of anilines is 1. The molecule has 6 nitrogen and oxygen atoms in total. The van der Waals surface area contributed by atoms with E-state index in [1.807, 2.05) is 43.3 Å². The minimum absolute atomic E-state index is 0.127. The van der Waals surface area contributed by atoms with Gasteiger partial charge in [-0.25, -0.2) is 4.79 Å². The number of aromatic nitrogens is 1. The highest BCUT2D eigenvalue weighted by molar-refractivity contribution is 6.33. The van der Waals surface area contributed by atoms with Crippen LogP contribution in [0, 0.1) is 0 Å². The maximum absolute atomic E-state index is 12.9. The minimum Gasteiger partial charge on any atom is -0.494 e. The molecular formula is C22H22ClN3O3. The SMILES string of the molecule is CCOc1ccc2[nH]c(=O)c(CN(C(=O)Nc3ccccc3Cl)C3CC3)cc2c1. The lowest BCUT2D eigenvalue weighted by Crippen LogP contribution is -2.37. The second-order valence-corrected chi connectivity index (χ2v) is 7.48. The van der Waals surface area contributed by atoms with Crippen LogP contribution in [-0.2, 0) is 6.54 Å². The number of urea groups is 1. The van der Waals surface area contributed by atoms with E-state index in [9.17, 15) is 9.59 Å². The van der Waals surface area contributed by atoms with Crippen molar-refractivity contribution in [3.63, 3.8) is 0 Å². The minimum atomic E-state index is -0.261. The van der Waals surface area contributed by atoms with Crippen molar-refractivity contribution < 1.29 is 9.53 Å². The van der Waals surface area contributed by atoms with Gasteiger partial charge in [0.05, 0.1) is 23.9 Å². The van der Waals surface area contributed by atoms with Gasteiger partial charge in [-0.3, -0.25) is 4.79 Å². The summed E-state index contributed by atoms with van der Waals surface area (Å²) in [5.41, 5.74) is 1.63. The monoisotopic (exact) mass is 411 g/mol. The Morgan fingerprint density at radius 2 is 2.03 bits per heavy atom. The quantitative estimate of drug-likeness (QED) is 0.613. The smallest absolute Gasteiger partial charge is 0.322 e. The Morgan fingerprint density at radius 1 is 1.24 bits per heavy atom. The third-order valence-electron chi connectivity index (χ3n) is 4.91. The Balaban J connectivity index is 1.60. The zero-order valence-corrected chi connectivity index (χ0v) is 16.8. The number of rotatable bonds is 6. The molecule has 2 N–H and O–H groups in total. The fraction of sp³-hybridized carbons (Fsp3) is 0.273. The fourth-order valence-electron chi connectivity index (χ4n) is 3.29. The van der Waals surface area contributed by atoms with Gasteiger partial charge < -0.3 is 19.9 Å². The number of hydrogen-bond donors (Lipinski definition) is 2. The Labute approximate surface area is 173 Å². The molecular weight excluding hydrogens is 390 g/mol. The van der Waals surface area contributed by atoms with Gasteiger partial charge in [-0.05, 0) is 56.2 Å². The van der Waals surface area contributed by atoms with Crippen molar-refractivity contribution in [3.8, 4) is 5.75 Å². The summed E-state index contributed by atoms with van der Waals surface area (Å²) < 4.78 is 5.55. The van der Waals surface area contributed by atoms with Crippen molar-refractivity contribution in [3.05, 3.63) is 69.5 Å². The highest BCUT2D eigenvalue weighted by Crippen LogP contribution is 2.30. The van der Waals surface area contributed by atoms with Gasteiger partial charge in [-0.15, -0.1) is 0 Å². The van der Waals surface area contributed by atoms with Gasteiger partial charge in [0.15, 0.2) is 0 Å². The van der Waals surface area contributed by atoms with E-state index in [1.54, 1.807) is 17.0 Å². The Hall–Kier alpha value is -2.99. The van der Waals surface area contributed by atoms with Crippen LogP contribution in [-0.4, -0.2) is 28.6 Å². The average Bonchev–Trinajstić information content (AvgIpc) is 3.53. The van der Waals surface area contributed by atoms with Crippen molar-refractivity contribution in [2.45, 2.75) is 32.4 Å². The normalized spacial score (nSPS) is 13.3. The zero-order chi connectivity index (χ0) is 20.4. The molecule has 29 heavy (non-hydrogen) atoms. The molecule has 1 aromatic heterocycles. The van der Waals surface area contributed by atoms with Crippen LogP contribution in [0.3, 0.4) is 0 Å². The second kappa shape index (κ2) is 8.17. The lowest BCUT2D eigenvalue weighted by molar-refractivity contribution is 0.206. The number of pyridine rings is 1. The van der Waals surface area contributed by atoms with E-state index in [0.717, 1.165) is 29.5 Å². The molecule has 0 unspecified atom stereocenters. The predicted molar refractivity (Wildman–Crippen MR) is 115 cm³/mol. The van der Waals surface area contributed by atoms with Crippen LogP contribution in [0.4, 0.5) is 10.5 Å². The second-order valence-electron chi connectivity index (χ2n) is 7.07. The molecule has 1 saturated carbocycles. The average molecular weight is 412 g/mol. The van der Waals surface area contributed by atoms with Crippen LogP contribution >= 0.6 is 11.6 Å². The van der Waals surface area contributed by atoms with E-state index in [1.165, 1.54) is 0 Å². The summed E-state index contributed by atoms with van der Waals surface area (Å²) in [7, 11) is 0. The molecule has 4 rings (SSSR count). The highest BCUT2D eigenvalue weighted by Gasteiger charge is 2.33. The van der Waals surface area contributed by atoms with Crippen LogP contribution in [0.1, 0.15) is 25.3 Å². The molecule has 1 aliphatic rings. The first kappa shape index (κ1) is 19.3. The van der Waals surface area contributed by atoms with Gasteiger partial charge in [-0.2, -0.15) is 0 Å². The largest absolute Gasteiger partial charge is 0.494 e. The topological polar surface area (TPSA) is 74.4 Å². The molecule has 0 saturated heterocycles. The van der Waals surface area contributed by atoms with Gasteiger partial charge in [0, 0.05) is 22.5 Å². The number of hydrogen-bond acceptors (Lipinski definition) is 3. The first-order valence-corrected chi connectivity index (χ1v) is 10.0. The number of amides is 2. The number of fused-ring (bicyclic) bond motifs is 1. The number of para-hydroxylation sites is 1.